The molecule has 4 atom stereocenters. The molecule has 0 aromatic carbocycles. The summed E-state index contributed by atoms with van der Waals surface area (Å²) < 4.78 is 16.4. The number of esters is 1. The molecule has 0 amide bonds. The van der Waals surface area contributed by atoms with E-state index in [1.165, 1.54) is 57.8 Å². The van der Waals surface area contributed by atoms with Crippen molar-refractivity contribution in [1.29, 1.82) is 0 Å². The van der Waals surface area contributed by atoms with Crippen molar-refractivity contribution >= 4 is 5.97 Å². The van der Waals surface area contributed by atoms with Crippen molar-refractivity contribution in [2.24, 2.45) is 0 Å². The molecule has 0 bridgehead atoms. The molecule has 0 saturated carbocycles. The number of unbranched alkanes of at least 4 members (excludes halogenated alkanes) is 10. The lowest BCUT2D eigenvalue weighted by atomic mass is 10.1. The van der Waals surface area contributed by atoms with Crippen LogP contribution in [0.2, 0.25) is 0 Å². The van der Waals surface area contributed by atoms with Crippen LogP contribution < -0.4 is 0 Å². The number of carbonyl (C=O) groups excluding carboxylic acids is 1. The number of rotatable bonds is 13. The molecule has 5 nitrogen and oxygen atoms in total. The molecule has 146 valence electrons. The summed E-state index contributed by atoms with van der Waals surface area (Å²) in [4.78, 5) is 11.9. The molecule has 0 spiro atoms. The van der Waals surface area contributed by atoms with Crippen molar-refractivity contribution in [3.05, 3.63) is 0 Å². The van der Waals surface area contributed by atoms with E-state index in [2.05, 4.69) is 6.92 Å². The zero-order chi connectivity index (χ0) is 17.9. The fourth-order valence-electron chi connectivity index (χ4n) is 3.71. The van der Waals surface area contributed by atoms with Gasteiger partial charge in [0.25, 0.3) is 0 Å². The summed E-state index contributed by atoms with van der Waals surface area (Å²) >= 11 is 0. The lowest BCUT2D eigenvalue weighted by Gasteiger charge is -2.16. The van der Waals surface area contributed by atoms with Crippen molar-refractivity contribution in [2.75, 3.05) is 13.2 Å². The van der Waals surface area contributed by atoms with Gasteiger partial charge in [-0.1, -0.05) is 71.1 Å². The molecule has 25 heavy (non-hydrogen) atoms. The number of hydrogen-bond donors (Lipinski definition) is 1. The van der Waals surface area contributed by atoms with Crippen LogP contribution in [0.15, 0.2) is 0 Å². The molecule has 0 unspecified atom stereocenters. The molecule has 1 N–H and O–H groups in total. The Hall–Kier alpha value is -0.650. The van der Waals surface area contributed by atoms with Crippen LogP contribution in [0.4, 0.5) is 0 Å². The number of fused-ring (bicyclic) bond motifs is 1. The highest BCUT2D eigenvalue weighted by atomic mass is 16.6. The monoisotopic (exact) mass is 356 g/mol. The van der Waals surface area contributed by atoms with Crippen LogP contribution in [0.1, 0.15) is 84.0 Å². The SMILES string of the molecule is CCCCCCCCCCCCCC(=O)O[C@H]1CO[C@H]2[C@@H]1OC[C@H]2O. The van der Waals surface area contributed by atoms with Gasteiger partial charge >= 0.3 is 5.97 Å². The minimum absolute atomic E-state index is 0.171. The second-order valence-corrected chi connectivity index (χ2v) is 7.48. The van der Waals surface area contributed by atoms with Crippen LogP contribution in [-0.4, -0.2) is 48.7 Å². The highest BCUT2D eigenvalue weighted by Crippen LogP contribution is 2.29. The highest BCUT2D eigenvalue weighted by Gasteiger charge is 2.48. The van der Waals surface area contributed by atoms with E-state index in [1.807, 2.05) is 0 Å². The maximum atomic E-state index is 11.9. The van der Waals surface area contributed by atoms with Crippen LogP contribution >= 0.6 is 0 Å². The van der Waals surface area contributed by atoms with E-state index in [4.69, 9.17) is 14.2 Å². The summed E-state index contributed by atoms with van der Waals surface area (Å²) in [6.07, 6.45) is 12.8. The van der Waals surface area contributed by atoms with Crippen molar-refractivity contribution < 1.29 is 24.1 Å². The van der Waals surface area contributed by atoms with Crippen molar-refractivity contribution in [3.63, 3.8) is 0 Å². The molecule has 0 aromatic heterocycles. The molecule has 0 aliphatic carbocycles. The van der Waals surface area contributed by atoms with E-state index in [-0.39, 0.29) is 30.9 Å². The Kier molecular flexibility index (Phi) is 9.81. The lowest BCUT2D eigenvalue weighted by Crippen LogP contribution is -2.34. The Morgan fingerprint density at radius 1 is 0.880 bits per heavy atom. The van der Waals surface area contributed by atoms with Gasteiger partial charge in [0.1, 0.15) is 18.3 Å². The lowest BCUT2D eigenvalue weighted by molar-refractivity contribution is -0.153. The average molecular weight is 357 g/mol. The van der Waals surface area contributed by atoms with Crippen molar-refractivity contribution in [1.82, 2.24) is 0 Å². The molecule has 2 heterocycles. The first kappa shape index (κ1) is 20.7. The van der Waals surface area contributed by atoms with Crippen LogP contribution in [0.3, 0.4) is 0 Å². The van der Waals surface area contributed by atoms with Gasteiger partial charge in [-0.25, -0.2) is 0 Å². The molecule has 2 rings (SSSR count). The second-order valence-electron chi connectivity index (χ2n) is 7.48. The Morgan fingerprint density at radius 2 is 1.44 bits per heavy atom. The summed E-state index contributed by atoms with van der Waals surface area (Å²) in [6, 6.07) is 0. The third-order valence-corrected chi connectivity index (χ3v) is 5.25. The number of hydrogen-bond acceptors (Lipinski definition) is 5. The van der Waals surface area contributed by atoms with Crippen LogP contribution in [0.5, 0.6) is 0 Å². The normalized spacial score (nSPS) is 28.2. The first-order chi connectivity index (χ1) is 12.2. The smallest absolute Gasteiger partial charge is 0.306 e. The van der Waals surface area contributed by atoms with Crippen molar-refractivity contribution in [3.8, 4) is 0 Å². The molecule has 2 aliphatic rings. The molecule has 2 aliphatic heterocycles. The van der Waals surface area contributed by atoms with E-state index in [0.717, 1.165) is 12.8 Å². The van der Waals surface area contributed by atoms with Crippen LogP contribution in [0.25, 0.3) is 0 Å². The Morgan fingerprint density at radius 3 is 2.08 bits per heavy atom. The highest BCUT2D eigenvalue weighted by molar-refractivity contribution is 5.69. The number of aliphatic hydroxyl groups excluding tert-OH is 1. The summed E-state index contributed by atoms with van der Waals surface area (Å²) in [7, 11) is 0. The molecule has 2 saturated heterocycles. The van der Waals surface area contributed by atoms with Gasteiger partial charge in [0.15, 0.2) is 6.10 Å². The van der Waals surface area contributed by atoms with Gasteiger partial charge in [-0.15, -0.1) is 0 Å². The van der Waals surface area contributed by atoms with Crippen LogP contribution in [-0.2, 0) is 19.0 Å². The van der Waals surface area contributed by atoms with Gasteiger partial charge in [-0.05, 0) is 6.42 Å². The minimum Gasteiger partial charge on any atom is -0.457 e. The zero-order valence-corrected chi connectivity index (χ0v) is 15.8. The van der Waals surface area contributed by atoms with E-state index < -0.39 is 6.10 Å². The predicted molar refractivity (Wildman–Crippen MR) is 96.4 cm³/mol. The van der Waals surface area contributed by atoms with Gasteiger partial charge in [0, 0.05) is 6.42 Å². The van der Waals surface area contributed by atoms with E-state index in [1.54, 1.807) is 0 Å². The fourth-order valence-corrected chi connectivity index (χ4v) is 3.71. The quantitative estimate of drug-likeness (QED) is 0.402. The molecular weight excluding hydrogens is 320 g/mol. The van der Waals surface area contributed by atoms with E-state index in [9.17, 15) is 9.90 Å². The van der Waals surface area contributed by atoms with Gasteiger partial charge in [0.2, 0.25) is 0 Å². The summed E-state index contributed by atoms with van der Waals surface area (Å²) in [5, 5.41) is 9.68. The zero-order valence-electron chi connectivity index (χ0n) is 15.8. The average Bonchev–Trinajstić information content (AvgIpc) is 3.16. The third-order valence-electron chi connectivity index (χ3n) is 5.25. The number of aliphatic hydroxyl groups is 1. The first-order valence-electron chi connectivity index (χ1n) is 10.3. The predicted octanol–water partition coefficient (Wildman–Crippen LogP) is 3.76. The summed E-state index contributed by atoms with van der Waals surface area (Å²) in [6.45, 7) is 2.85. The molecule has 0 radical (unpaired) electrons. The Labute approximate surface area is 152 Å². The van der Waals surface area contributed by atoms with E-state index in [0.29, 0.717) is 13.0 Å². The van der Waals surface area contributed by atoms with Gasteiger partial charge in [-0.3, -0.25) is 4.79 Å². The maximum Gasteiger partial charge on any atom is 0.306 e. The van der Waals surface area contributed by atoms with E-state index >= 15 is 0 Å². The molecule has 5 heteroatoms. The third kappa shape index (κ3) is 7.24. The molecular formula is C20H36O5. The Balaban J connectivity index is 1.40. The Bertz CT molecular complexity index is 373. The van der Waals surface area contributed by atoms with Crippen LogP contribution in [0, 0.1) is 0 Å². The largest absolute Gasteiger partial charge is 0.457 e. The maximum absolute atomic E-state index is 11.9. The van der Waals surface area contributed by atoms with Crippen molar-refractivity contribution in [2.45, 2.75) is 108 Å². The number of ether oxygens (including phenoxy) is 3. The summed E-state index contributed by atoms with van der Waals surface area (Å²) in [5.74, 6) is -0.171. The molecule has 0 aromatic rings. The number of carbonyl (C=O) groups is 1. The fraction of sp³-hybridized carbons (Fsp3) is 0.950. The summed E-state index contributed by atoms with van der Waals surface area (Å²) in [5.41, 5.74) is 0. The first-order valence-corrected chi connectivity index (χ1v) is 10.3. The standard InChI is InChI=1S/C20H36O5/c1-2-3-4-5-6-7-8-9-10-11-12-13-18(22)25-17-15-24-19-16(21)14-23-20(17)19/h16-17,19-21H,2-15H2,1H3/t16-,17+,19-,20-/m1/s1. The second kappa shape index (κ2) is 11.9. The topological polar surface area (TPSA) is 65.0 Å². The van der Waals surface area contributed by atoms with Gasteiger partial charge in [-0.2, -0.15) is 0 Å². The molecule has 2 fully saturated rings. The van der Waals surface area contributed by atoms with Gasteiger partial charge in [0.05, 0.1) is 13.2 Å². The van der Waals surface area contributed by atoms with Gasteiger partial charge < -0.3 is 19.3 Å². The minimum atomic E-state index is -0.597.